The fraction of sp³-hybridized carbons (Fsp3) is 0.406. The van der Waals surface area contributed by atoms with Gasteiger partial charge in [-0.15, -0.1) is 0 Å². The minimum absolute atomic E-state index is 0.0637. The molecular weight excluding hydrogens is 635 g/mol. The summed E-state index contributed by atoms with van der Waals surface area (Å²) in [5, 5.41) is 12.6. The molecule has 1 fully saturated rings. The van der Waals surface area contributed by atoms with Gasteiger partial charge < -0.3 is 24.8 Å². The van der Waals surface area contributed by atoms with E-state index >= 15 is 0 Å². The van der Waals surface area contributed by atoms with Gasteiger partial charge in [0.05, 0.1) is 48.1 Å². The van der Waals surface area contributed by atoms with E-state index < -0.39 is 64.8 Å². The van der Waals surface area contributed by atoms with E-state index in [0.29, 0.717) is 11.3 Å². The SMILES string of the molecule is CCC(F)(F)OC[C@@H]1CC(Oc2ccc(C(F)(F)F)cc2)CN1c1ccc(C(=O)N[C@@H](CO)c2ccc(S(=O)(=O)CC)cc2)cc1. The lowest BCUT2D eigenvalue weighted by Gasteiger charge is -2.28. The lowest BCUT2D eigenvalue weighted by atomic mass is 10.1. The van der Waals surface area contributed by atoms with Gasteiger partial charge in [0.25, 0.3) is 5.91 Å². The zero-order valence-corrected chi connectivity index (χ0v) is 26.0. The Kier molecular flexibility index (Phi) is 11.0. The molecule has 1 aliphatic heterocycles. The number of aliphatic hydroxyl groups excluding tert-OH is 1. The fourth-order valence-electron chi connectivity index (χ4n) is 5.02. The Morgan fingerprint density at radius 2 is 1.61 bits per heavy atom. The lowest BCUT2D eigenvalue weighted by Crippen LogP contribution is -2.36. The van der Waals surface area contributed by atoms with Crippen molar-refractivity contribution in [2.45, 2.75) is 62.1 Å². The Labute approximate surface area is 264 Å². The number of benzene rings is 3. The summed E-state index contributed by atoms with van der Waals surface area (Å²) in [6, 6.07) is 15.0. The number of anilines is 1. The van der Waals surface area contributed by atoms with Gasteiger partial charge in [-0.25, -0.2) is 8.42 Å². The summed E-state index contributed by atoms with van der Waals surface area (Å²) < 4.78 is 102. The first-order valence-corrected chi connectivity index (χ1v) is 16.3. The highest BCUT2D eigenvalue weighted by Gasteiger charge is 2.37. The third kappa shape index (κ3) is 8.74. The van der Waals surface area contributed by atoms with Gasteiger partial charge in [-0.1, -0.05) is 26.0 Å². The number of alkyl halides is 5. The van der Waals surface area contributed by atoms with Crippen LogP contribution in [-0.2, 0) is 20.8 Å². The number of nitrogens with zero attached hydrogens (tertiary/aromatic N) is 1. The second-order valence-electron chi connectivity index (χ2n) is 10.8. The van der Waals surface area contributed by atoms with E-state index in [0.717, 1.165) is 12.1 Å². The van der Waals surface area contributed by atoms with Crippen molar-refractivity contribution in [3.63, 3.8) is 0 Å². The smallest absolute Gasteiger partial charge is 0.416 e. The summed E-state index contributed by atoms with van der Waals surface area (Å²) in [4.78, 5) is 14.9. The number of carbonyl (C=O) groups is 1. The fourth-order valence-corrected chi connectivity index (χ4v) is 5.91. The molecule has 0 aliphatic carbocycles. The van der Waals surface area contributed by atoms with E-state index in [-0.39, 0.29) is 41.5 Å². The zero-order valence-electron chi connectivity index (χ0n) is 25.1. The maximum atomic E-state index is 13.9. The van der Waals surface area contributed by atoms with Crippen LogP contribution in [0.15, 0.2) is 77.7 Å². The molecule has 3 aromatic carbocycles. The monoisotopic (exact) mass is 670 g/mol. The molecule has 1 unspecified atom stereocenters. The molecule has 0 radical (unpaired) electrons. The summed E-state index contributed by atoms with van der Waals surface area (Å²) in [6.45, 7) is 2.26. The molecule has 0 saturated carbocycles. The molecule has 4 rings (SSSR count). The third-order valence-electron chi connectivity index (χ3n) is 7.73. The molecular formula is C32H35F5N2O6S. The van der Waals surface area contributed by atoms with Crippen LogP contribution in [0.1, 0.15) is 54.2 Å². The predicted molar refractivity (Wildman–Crippen MR) is 161 cm³/mol. The number of hydrogen-bond acceptors (Lipinski definition) is 7. The first-order chi connectivity index (χ1) is 21.7. The van der Waals surface area contributed by atoms with Crippen molar-refractivity contribution in [3.8, 4) is 5.75 Å². The quantitative estimate of drug-likeness (QED) is 0.215. The van der Waals surface area contributed by atoms with Crippen LogP contribution < -0.4 is 15.0 Å². The van der Waals surface area contributed by atoms with Crippen LogP contribution in [0.5, 0.6) is 5.75 Å². The van der Waals surface area contributed by atoms with Crippen LogP contribution >= 0.6 is 0 Å². The summed E-state index contributed by atoms with van der Waals surface area (Å²) >= 11 is 0. The highest BCUT2D eigenvalue weighted by molar-refractivity contribution is 7.91. The van der Waals surface area contributed by atoms with Crippen molar-refractivity contribution in [2.75, 3.05) is 30.4 Å². The van der Waals surface area contributed by atoms with Crippen molar-refractivity contribution in [2.24, 2.45) is 0 Å². The Balaban J connectivity index is 1.46. The maximum Gasteiger partial charge on any atom is 0.416 e. The summed E-state index contributed by atoms with van der Waals surface area (Å²) in [6.07, 6.45) is -8.66. The number of carbonyl (C=O) groups excluding carboxylic acids is 1. The van der Waals surface area contributed by atoms with Crippen molar-refractivity contribution >= 4 is 21.4 Å². The van der Waals surface area contributed by atoms with Crippen LogP contribution in [0.2, 0.25) is 0 Å². The number of hydrogen-bond donors (Lipinski definition) is 2. The van der Waals surface area contributed by atoms with Gasteiger partial charge in [-0.3, -0.25) is 4.79 Å². The standard InChI is InChI=1S/C32H35F5N2O6S/c1-3-31(33,34)44-20-25-17-27(45-26-13-9-23(10-14-26)32(35,36)37)18-39(25)24-11-5-22(6-12-24)30(41)38-29(19-40)21-7-15-28(16-8-21)46(42,43)4-2/h5-16,25,27,29,40H,3-4,17-20H2,1-2H3,(H,38,41)/t25-,27?,29-/m0/s1. The zero-order chi connectivity index (χ0) is 33.7. The Hall–Kier alpha value is -3.75. The molecule has 1 aliphatic rings. The predicted octanol–water partition coefficient (Wildman–Crippen LogP) is 6.01. The first kappa shape index (κ1) is 35.1. The number of sulfone groups is 1. The number of aliphatic hydroxyl groups is 1. The molecule has 0 aromatic heterocycles. The molecule has 8 nitrogen and oxygen atoms in total. The average Bonchev–Trinajstić information content (AvgIpc) is 3.45. The maximum absolute atomic E-state index is 13.9. The molecule has 1 amide bonds. The number of ether oxygens (including phenoxy) is 2. The normalized spacial score (nSPS) is 18.0. The van der Waals surface area contributed by atoms with E-state index in [2.05, 4.69) is 5.32 Å². The van der Waals surface area contributed by atoms with Crippen molar-refractivity contribution < 1.29 is 49.7 Å². The second kappa shape index (κ2) is 14.3. The second-order valence-corrected chi connectivity index (χ2v) is 13.1. The summed E-state index contributed by atoms with van der Waals surface area (Å²) in [5.74, 6) is -0.375. The van der Waals surface area contributed by atoms with Gasteiger partial charge in [0.2, 0.25) is 0 Å². The van der Waals surface area contributed by atoms with Crippen molar-refractivity contribution in [1.29, 1.82) is 0 Å². The van der Waals surface area contributed by atoms with Gasteiger partial charge in [0.1, 0.15) is 11.9 Å². The largest absolute Gasteiger partial charge is 0.489 e. The number of nitrogens with one attached hydrogen (secondary N) is 1. The molecule has 46 heavy (non-hydrogen) atoms. The molecule has 3 aromatic rings. The summed E-state index contributed by atoms with van der Waals surface area (Å²) in [7, 11) is -3.41. The van der Waals surface area contributed by atoms with Crippen LogP contribution in [0.25, 0.3) is 0 Å². The molecule has 250 valence electrons. The van der Waals surface area contributed by atoms with Gasteiger partial charge in [0, 0.05) is 24.1 Å². The molecule has 3 atom stereocenters. The van der Waals surface area contributed by atoms with E-state index in [9.17, 15) is 40.3 Å². The molecule has 0 bridgehead atoms. The van der Waals surface area contributed by atoms with Gasteiger partial charge in [-0.05, 0) is 66.2 Å². The Bertz CT molecular complexity index is 1570. The van der Waals surface area contributed by atoms with Crippen LogP contribution in [-0.4, -0.2) is 63.2 Å². The first-order valence-electron chi connectivity index (χ1n) is 14.6. The van der Waals surface area contributed by atoms with Crippen molar-refractivity contribution in [1.82, 2.24) is 5.32 Å². The van der Waals surface area contributed by atoms with Gasteiger partial charge >= 0.3 is 12.3 Å². The Morgan fingerprint density at radius 1 is 0.978 bits per heavy atom. The highest BCUT2D eigenvalue weighted by Crippen LogP contribution is 2.33. The van der Waals surface area contributed by atoms with Crippen LogP contribution in [0, 0.1) is 0 Å². The van der Waals surface area contributed by atoms with E-state index in [1.165, 1.54) is 62.4 Å². The molecule has 2 N–H and O–H groups in total. The highest BCUT2D eigenvalue weighted by atomic mass is 32.2. The molecule has 1 heterocycles. The minimum atomic E-state index is -4.50. The lowest BCUT2D eigenvalue weighted by molar-refractivity contribution is -0.241. The van der Waals surface area contributed by atoms with Crippen LogP contribution in [0.4, 0.5) is 27.6 Å². The van der Waals surface area contributed by atoms with E-state index in [1.807, 2.05) is 0 Å². The Morgan fingerprint density at radius 3 is 2.15 bits per heavy atom. The van der Waals surface area contributed by atoms with Gasteiger partial charge in [-0.2, -0.15) is 22.0 Å². The van der Waals surface area contributed by atoms with E-state index in [4.69, 9.17) is 9.47 Å². The number of amides is 1. The molecule has 1 saturated heterocycles. The number of halogens is 5. The third-order valence-corrected chi connectivity index (χ3v) is 9.48. The van der Waals surface area contributed by atoms with Gasteiger partial charge in [0.15, 0.2) is 9.84 Å². The average molecular weight is 671 g/mol. The van der Waals surface area contributed by atoms with E-state index in [1.54, 1.807) is 17.0 Å². The summed E-state index contributed by atoms with van der Waals surface area (Å²) in [5.41, 5.74) is 0.505. The van der Waals surface area contributed by atoms with Crippen molar-refractivity contribution in [3.05, 3.63) is 89.5 Å². The topological polar surface area (TPSA) is 105 Å². The molecule has 14 heteroatoms. The molecule has 0 spiro atoms. The minimum Gasteiger partial charge on any atom is -0.489 e. The number of rotatable bonds is 13. The van der Waals surface area contributed by atoms with Crippen LogP contribution in [0.3, 0.4) is 0 Å².